The zero-order chi connectivity index (χ0) is 13.9. The second kappa shape index (κ2) is 5.96. The number of ether oxygens (including phenoxy) is 1. The molecule has 0 radical (unpaired) electrons. The van der Waals surface area contributed by atoms with Crippen LogP contribution >= 0.6 is 27.7 Å². The molecule has 1 atom stereocenters. The molecule has 0 saturated carbocycles. The van der Waals surface area contributed by atoms with Gasteiger partial charge in [-0.3, -0.25) is 4.79 Å². The Kier molecular flexibility index (Phi) is 4.52. The van der Waals surface area contributed by atoms with Gasteiger partial charge in [0.05, 0.1) is 12.7 Å². The average Bonchev–Trinajstić information content (AvgIpc) is 2.88. The minimum atomic E-state index is -0.897. The van der Waals surface area contributed by atoms with E-state index in [1.54, 1.807) is 30.0 Å². The van der Waals surface area contributed by atoms with Crippen molar-refractivity contribution >= 4 is 39.6 Å². The van der Waals surface area contributed by atoms with Crippen LogP contribution in [0.5, 0.6) is 0 Å². The highest BCUT2D eigenvalue weighted by molar-refractivity contribution is 9.10. The Bertz CT molecular complexity index is 500. The molecule has 6 heteroatoms. The van der Waals surface area contributed by atoms with Crippen molar-refractivity contribution < 1.29 is 14.3 Å². The minimum absolute atomic E-state index is 0.264. The first-order chi connectivity index (χ1) is 9.09. The third-order valence-electron chi connectivity index (χ3n) is 3.07. The molecule has 1 aliphatic rings. The molecule has 1 fully saturated rings. The van der Waals surface area contributed by atoms with Crippen molar-refractivity contribution in [3.8, 4) is 0 Å². The van der Waals surface area contributed by atoms with Gasteiger partial charge in [0.15, 0.2) is 0 Å². The summed E-state index contributed by atoms with van der Waals surface area (Å²) in [5, 5.41) is 2.84. The van der Waals surface area contributed by atoms with E-state index in [0.717, 1.165) is 5.75 Å². The number of amides is 1. The molecular weight excluding hydrogens is 330 g/mol. The molecule has 1 aromatic carbocycles. The van der Waals surface area contributed by atoms with Crippen molar-refractivity contribution in [3.63, 3.8) is 0 Å². The van der Waals surface area contributed by atoms with Gasteiger partial charge in [-0.25, -0.2) is 4.79 Å². The molecule has 1 saturated heterocycles. The van der Waals surface area contributed by atoms with Crippen LogP contribution in [0.1, 0.15) is 16.8 Å². The van der Waals surface area contributed by atoms with Gasteiger partial charge in [-0.2, -0.15) is 11.8 Å². The van der Waals surface area contributed by atoms with E-state index in [0.29, 0.717) is 22.2 Å². The molecule has 1 aliphatic heterocycles. The van der Waals surface area contributed by atoms with Crippen LogP contribution < -0.4 is 5.32 Å². The third-order valence-corrected chi connectivity index (χ3v) is 4.95. The molecule has 1 aromatic rings. The van der Waals surface area contributed by atoms with Crippen molar-refractivity contribution in [2.45, 2.75) is 12.0 Å². The van der Waals surface area contributed by atoms with Crippen molar-refractivity contribution in [1.29, 1.82) is 0 Å². The first kappa shape index (κ1) is 14.4. The van der Waals surface area contributed by atoms with Gasteiger partial charge in [0.25, 0.3) is 5.91 Å². The largest absolute Gasteiger partial charge is 0.467 e. The van der Waals surface area contributed by atoms with Crippen LogP contribution in [0.4, 0.5) is 0 Å². The van der Waals surface area contributed by atoms with Crippen LogP contribution in [0.25, 0.3) is 0 Å². The van der Waals surface area contributed by atoms with Crippen LogP contribution in [-0.4, -0.2) is 36.0 Å². The number of methoxy groups -OCH3 is 1. The number of nitrogens with one attached hydrogen (secondary N) is 1. The van der Waals surface area contributed by atoms with Gasteiger partial charge in [-0.05, 0) is 40.2 Å². The number of carbonyl (C=O) groups is 2. The zero-order valence-electron chi connectivity index (χ0n) is 10.4. The predicted molar refractivity (Wildman–Crippen MR) is 78.3 cm³/mol. The van der Waals surface area contributed by atoms with Gasteiger partial charge in [0, 0.05) is 10.2 Å². The van der Waals surface area contributed by atoms with Gasteiger partial charge in [0.2, 0.25) is 0 Å². The van der Waals surface area contributed by atoms with Gasteiger partial charge >= 0.3 is 5.97 Å². The summed E-state index contributed by atoms with van der Waals surface area (Å²) in [6.45, 7) is 0. The van der Waals surface area contributed by atoms with Crippen LogP contribution in [0.2, 0.25) is 0 Å². The van der Waals surface area contributed by atoms with E-state index in [4.69, 9.17) is 4.74 Å². The van der Waals surface area contributed by atoms with Gasteiger partial charge in [-0.1, -0.05) is 12.1 Å². The van der Waals surface area contributed by atoms with E-state index in [9.17, 15) is 9.59 Å². The SMILES string of the molecule is COC(=O)[C@]1(NC(=O)c2ccccc2Br)CCSC1. The summed E-state index contributed by atoms with van der Waals surface area (Å²) < 4.78 is 5.53. The molecule has 2 rings (SSSR count). The maximum Gasteiger partial charge on any atom is 0.332 e. The van der Waals surface area contributed by atoms with Gasteiger partial charge in [0.1, 0.15) is 5.54 Å². The lowest BCUT2D eigenvalue weighted by Crippen LogP contribution is -2.55. The number of halogens is 1. The fourth-order valence-corrected chi connectivity index (χ4v) is 3.79. The molecular formula is C13H14BrNO3S. The Morgan fingerprint density at radius 3 is 2.74 bits per heavy atom. The maximum absolute atomic E-state index is 12.3. The summed E-state index contributed by atoms with van der Waals surface area (Å²) in [6.07, 6.45) is 0.598. The molecule has 1 amide bonds. The van der Waals surface area contributed by atoms with Crippen molar-refractivity contribution in [2.75, 3.05) is 18.6 Å². The monoisotopic (exact) mass is 343 g/mol. The molecule has 102 valence electrons. The second-order valence-electron chi connectivity index (χ2n) is 4.31. The summed E-state index contributed by atoms with van der Waals surface area (Å²) in [5.41, 5.74) is -0.381. The quantitative estimate of drug-likeness (QED) is 0.855. The number of benzene rings is 1. The van der Waals surface area contributed by atoms with Crippen molar-refractivity contribution in [2.24, 2.45) is 0 Å². The van der Waals surface area contributed by atoms with E-state index in [1.165, 1.54) is 7.11 Å². The topological polar surface area (TPSA) is 55.4 Å². The standard InChI is InChI=1S/C13H14BrNO3S/c1-18-12(17)13(6-7-19-8-13)15-11(16)9-4-2-3-5-10(9)14/h2-5H,6-8H2,1H3,(H,15,16)/t13-/m0/s1. The normalized spacial score (nSPS) is 22.0. The first-order valence-electron chi connectivity index (χ1n) is 5.82. The summed E-state index contributed by atoms with van der Waals surface area (Å²) >= 11 is 4.97. The Morgan fingerprint density at radius 2 is 2.16 bits per heavy atom. The Labute approximate surface area is 124 Å². The van der Waals surface area contributed by atoms with E-state index in [-0.39, 0.29) is 11.9 Å². The lowest BCUT2D eigenvalue weighted by Gasteiger charge is -2.26. The third kappa shape index (κ3) is 2.95. The van der Waals surface area contributed by atoms with Crippen LogP contribution in [-0.2, 0) is 9.53 Å². The summed E-state index contributed by atoms with van der Waals surface area (Å²) in [6, 6.07) is 7.13. The van der Waals surface area contributed by atoms with Crippen molar-refractivity contribution in [3.05, 3.63) is 34.3 Å². The highest BCUT2D eigenvalue weighted by Crippen LogP contribution is 2.30. The number of carbonyl (C=O) groups excluding carboxylic acids is 2. The van der Waals surface area contributed by atoms with E-state index in [1.807, 2.05) is 6.07 Å². The number of rotatable bonds is 3. The molecule has 19 heavy (non-hydrogen) atoms. The predicted octanol–water partition coefficient (Wildman–Crippen LogP) is 2.23. The second-order valence-corrected chi connectivity index (χ2v) is 6.27. The molecule has 1 N–H and O–H groups in total. The first-order valence-corrected chi connectivity index (χ1v) is 7.77. The number of thioether (sulfide) groups is 1. The molecule has 0 aliphatic carbocycles. The Hall–Kier alpha value is -1.01. The fourth-order valence-electron chi connectivity index (χ4n) is 2.00. The molecule has 0 unspecified atom stereocenters. The number of hydrogen-bond donors (Lipinski definition) is 1. The molecule has 0 spiro atoms. The summed E-state index contributed by atoms with van der Waals surface area (Å²) in [5.74, 6) is 0.750. The van der Waals surface area contributed by atoms with Gasteiger partial charge < -0.3 is 10.1 Å². The maximum atomic E-state index is 12.3. The van der Waals surface area contributed by atoms with E-state index in [2.05, 4.69) is 21.2 Å². The molecule has 0 bridgehead atoms. The number of esters is 1. The fraction of sp³-hybridized carbons (Fsp3) is 0.385. The van der Waals surface area contributed by atoms with E-state index >= 15 is 0 Å². The van der Waals surface area contributed by atoms with Crippen LogP contribution in [0.15, 0.2) is 28.7 Å². The average molecular weight is 344 g/mol. The zero-order valence-corrected chi connectivity index (χ0v) is 12.8. The van der Waals surface area contributed by atoms with Gasteiger partial charge in [-0.15, -0.1) is 0 Å². The lowest BCUT2D eigenvalue weighted by atomic mass is 9.98. The van der Waals surface area contributed by atoms with E-state index < -0.39 is 5.54 Å². The Balaban J connectivity index is 2.21. The molecule has 4 nitrogen and oxygen atoms in total. The summed E-state index contributed by atoms with van der Waals surface area (Å²) in [4.78, 5) is 24.2. The lowest BCUT2D eigenvalue weighted by molar-refractivity contribution is -0.147. The number of hydrogen-bond acceptors (Lipinski definition) is 4. The minimum Gasteiger partial charge on any atom is -0.467 e. The highest BCUT2D eigenvalue weighted by Gasteiger charge is 2.44. The molecule has 0 aromatic heterocycles. The molecule has 1 heterocycles. The van der Waals surface area contributed by atoms with Crippen LogP contribution in [0.3, 0.4) is 0 Å². The van der Waals surface area contributed by atoms with Crippen molar-refractivity contribution in [1.82, 2.24) is 5.32 Å². The highest BCUT2D eigenvalue weighted by atomic mass is 79.9. The Morgan fingerprint density at radius 1 is 1.42 bits per heavy atom. The van der Waals surface area contributed by atoms with Crippen LogP contribution in [0, 0.1) is 0 Å². The smallest absolute Gasteiger partial charge is 0.332 e. The summed E-state index contributed by atoms with van der Waals surface area (Å²) in [7, 11) is 1.34.